The first-order valence-corrected chi connectivity index (χ1v) is 9.84. The second-order valence-electron chi connectivity index (χ2n) is 8.27. The van der Waals surface area contributed by atoms with E-state index in [1.807, 2.05) is 6.92 Å². The molecule has 2 aliphatic rings. The molecule has 10 heteroatoms. The minimum absolute atomic E-state index is 0.0648. The minimum atomic E-state index is -4.97. The van der Waals surface area contributed by atoms with Crippen LogP contribution in [0.2, 0.25) is 0 Å². The standard InChI is InChI=1S/C20H22F4N4O2/c1-11-10-28(17(30)15(29)20(22,23)24)9-6-14(11)19(7-8-19)18-25-16(26-27-18)12-2-4-13(21)5-3-12/h2-5,11,14-15,29H,6-10H2,1H3,(H,25,26,27)/t11?,14?,15-/m1/s1. The molecule has 0 bridgehead atoms. The SMILES string of the molecule is CC1CN(C(=O)[C@@H](O)C(F)(F)F)CCC1C1(c2nc(-c3ccc(F)cc3)n[nH]2)CC1. The summed E-state index contributed by atoms with van der Waals surface area (Å²) in [7, 11) is 0. The van der Waals surface area contributed by atoms with E-state index in [0.717, 1.165) is 17.7 Å². The molecule has 3 atom stereocenters. The Balaban J connectivity index is 1.48. The van der Waals surface area contributed by atoms with Gasteiger partial charge >= 0.3 is 6.18 Å². The molecule has 2 unspecified atom stereocenters. The lowest BCUT2D eigenvalue weighted by molar-refractivity contribution is -0.211. The van der Waals surface area contributed by atoms with Crippen LogP contribution in [-0.4, -0.2) is 56.5 Å². The number of carbonyl (C=O) groups is 1. The summed E-state index contributed by atoms with van der Waals surface area (Å²) in [5.41, 5.74) is 0.437. The quantitative estimate of drug-likeness (QED) is 0.737. The molecule has 6 nitrogen and oxygen atoms in total. The fourth-order valence-electron chi connectivity index (χ4n) is 4.61. The van der Waals surface area contributed by atoms with E-state index in [4.69, 9.17) is 0 Å². The van der Waals surface area contributed by atoms with Crippen LogP contribution < -0.4 is 0 Å². The van der Waals surface area contributed by atoms with Gasteiger partial charge in [-0.05, 0) is 55.4 Å². The summed E-state index contributed by atoms with van der Waals surface area (Å²) in [5.74, 6) is -0.405. The molecule has 2 heterocycles. The summed E-state index contributed by atoms with van der Waals surface area (Å²) in [6, 6.07) is 5.87. The molecule has 2 aromatic rings. The second-order valence-corrected chi connectivity index (χ2v) is 8.27. The normalized spacial score (nSPS) is 24.5. The second kappa shape index (κ2) is 7.33. The van der Waals surface area contributed by atoms with E-state index in [9.17, 15) is 27.5 Å². The number of H-pyrrole nitrogens is 1. The molecule has 0 radical (unpaired) electrons. The topological polar surface area (TPSA) is 82.1 Å². The zero-order valence-electron chi connectivity index (χ0n) is 16.3. The zero-order valence-corrected chi connectivity index (χ0v) is 16.3. The number of rotatable bonds is 4. The Bertz CT molecular complexity index is 924. The number of benzene rings is 1. The number of aliphatic hydroxyl groups excluding tert-OH is 1. The number of aliphatic hydroxyl groups is 1. The Hall–Kier alpha value is -2.49. The van der Waals surface area contributed by atoms with Gasteiger partial charge in [-0.15, -0.1) is 0 Å². The number of hydrogen-bond donors (Lipinski definition) is 2. The lowest BCUT2D eigenvalue weighted by atomic mass is 9.74. The monoisotopic (exact) mass is 426 g/mol. The van der Waals surface area contributed by atoms with Crippen molar-refractivity contribution < 1.29 is 27.5 Å². The third-order valence-corrected chi connectivity index (χ3v) is 6.32. The molecule has 0 spiro atoms. The minimum Gasteiger partial charge on any atom is -0.376 e. The van der Waals surface area contributed by atoms with Crippen LogP contribution in [0.3, 0.4) is 0 Å². The lowest BCUT2D eigenvalue weighted by Crippen LogP contribution is -2.52. The van der Waals surface area contributed by atoms with Gasteiger partial charge in [0.15, 0.2) is 5.82 Å². The number of halogens is 4. The van der Waals surface area contributed by atoms with Crippen molar-refractivity contribution in [2.24, 2.45) is 11.8 Å². The molecule has 1 aromatic heterocycles. The predicted octanol–water partition coefficient (Wildman–Crippen LogP) is 3.05. The Morgan fingerprint density at radius 2 is 1.97 bits per heavy atom. The highest BCUT2D eigenvalue weighted by molar-refractivity contribution is 5.81. The zero-order chi connectivity index (χ0) is 21.7. The number of alkyl halides is 3. The van der Waals surface area contributed by atoms with Gasteiger partial charge in [-0.1, -0.05) is 6.92 Å². The van der Waals surface area contributed by atoms with Crippen molar-refractivity contribution in [2.45, 2.75) is 43.9 Å². The molecule has 1 saturated heterocycles. The van der Waals surface area contributed by atoms with E-state index >= 15 is 0 Å². The first kappa shape index (κ1) is 20.8. The molecular weight excluding hydrogens is 404 g/mol. The van der Waals surface area contributed by atoms with E-state index < -0.39 is 18.2 Å². The third-order valence-electron chi connectivity index (χ3n) is 6.32. The lowest BCUT2D eigenvalue weighted by Gasteiger charge is -2.41. The molecule has 1 amide bonds. The highest BCUT2D eigenvalue weighted by Gasteiger charge is 2.56. The number of nitrogens with zero attached hydrogens (tertiary/aromatic N) is 3. The van der Waals surface area contributed by atoms with Gasteiger partial charge in [0.25, 0.3) is 5.91 Å². The van der Waals surface area contributed by atoms with Crippen molar-refractivity contribution in [3.63, 3.8) is 0 Å². The number of amides is 1. The molecule has 1 aliphatic heterocycles. The summed E-state index contributed by atoms with van der Waals surface area (Å²) in [4.78, 5) is 17.7. The van der Waals surface area contributed by atoms with Crippen molar-refractivity contribution in [3.05, 3.63) is 35.9 Å². The van der Waals surface area contributed by atoms with Crippen LogP contribution in [-0.2, 0) is 10.2 Å². The number of likely N-dealkylation sites (tertiary alicyclic amines) is 1. The first-order chi connectivity index (χ1) is 14.1. The number of aromatic nitrogens is 3. The number of carbonyl (C=O) groups excluding carboxylic acids is 1. The van der Waals surface area contributed by atoms with Gasteiger partial charge in [-0.2, -0.15) is 18.3 Å². The maximum atomic E-state index is 13.1. The molecule has 1 saturated carbocycles. The number of hydrogen-bond acceptors (Lipinski definition) is 4. The molecule has 1 aromatic carbocycles. The fourth-order valence-corrected chi connectivity index (χ4v) is 4.61. The summed E-state index contributed by atoms with van der Waals surface area (Å²) in [5, 5.41) is 16.5. The van der Waals surface area contributed by atoms with Gasteiger partial charge in [0.1, 0.15) is 11.6 Å². The van der Waals surface area contributed by atoms with Crippen molar-refractivity contribution in [1.82, 2.24) is 20.1 Å². The van der Waals surface area contributed by atoms with Crippen LogP contribution in [0.4, 0.5) is 17.6 Å². The van der Waals surface area contributed by atoms with E-state index in [-0.39, 0.29) is 36.2 Å². The van der Waals surface area contributed by atoms with Gasteiger partial charge in [0.05, 0.1) is 0 Å². The fraction of sp³-hybridized carbons (Fsp3) is 0.550. The van der Waals surface area contributed by atoms with Crippen LogP contribution >= 0.6 is 0 Å². The maximum Gasteiger partial charge on any atom is 0.423 e. The number of aromatic amines is 1. The van der Waals surface area contributed by atoms with Crippen LogP contribution in [0, 0.1) is 17.7 Å². The Morgan fingerprint density at radius 1 is 1.30 bits per heavy atom. The molecule has 2 fully saturated rings. The Morgan fingerprint density at radius 3 is 2.53 bits per heavy atom. The Kier molecular flexibility index (Phi) is 5.08. The largest absolute Gasteiger partial charge is 0.423 e. The molecular formula is C20H22F4N4O2. The van der Waals surface area contributed by atoms with E-state index in [1.54, 1.807) is 12.1 Å². The van der Waals surface area contributed by atoms with Gasteiger partial charge in [-0.25, -0.2) is 9.37 Å². The highest BCUT2D eigenvalue weighted by atomic mass is 19.4. The van der Waals surface area contributed by atoms with Gasteiger partial charge < -0.3 is 10.0 Å². The van der Waals surface area contributed by atoms with Gasteiger partial charge in [-0.3, -0.25) is 9.89 Å². The van der Waals surface area contributed by atoms with Crippen molar-refractivity contribution in [2.75, 3.05) is 13.1 Å². The summed E-state index contributed by atoms with van der Waals surface area (Å²) >= 11 is 0. The molecule has 2 N–H and O–H groups in total. The van der Waals surface area contributed by atoms with E-state index in [1.165, 1.54) is 12.1 Å². The van der Waals surface area contributed by atoms with Crippen molar-refractivity contribution in [3.8, 4) is 11.4 Å². The number of nitrogens with one attached hydrogen (secondary N) is 1. The highest BCUT2D eigenvalue weighted by Crippen LogP contribution is 2.57. The molecule has 30 heavy (non-hydrogen) atoms. The first-order valence-electron chi connectivity index (χ1n) is 9.84. The van der Waals surface area contributed by atoms with Crippen molar-refractivity contribution >= 4 is 5.91 Å². The van der Waals surface area contributed by atoms with Crippen LogP contribution in [0.1, 0.15) is 32.0 Å². The van der Waals surface area contributed by atoms with E-state index in [2.05, 4.69) is 15.2 Å². The molecule has 162 valence electrons. The predicted molar refractivity (Wildman–Crippen MR) is 98.6 cm³/mol. The summed E-state index contributed by atoms with van der Waals surface area (Å²) < 4.78 is 51.2. The summed E-state index contributed by atoms with van der Waals surface area (Å²) in [6.07, 6.45) is -5.68. The number of piperidine rings is 1. The van der Waals surface area contributed by atoms with Crippen molar-refractivity contribution in [1.29, 1.82) is 0 Å². The Labute approximate surface area is 170 Å². The van der Waals surface area contributed by atoms with Crippen LogP contribution in [0.5, 0.6) is 0 Å². The average molecular weight is 426 g/mol. The third kappa shape index (κ3) is 3.68. The van der Waals surface area contributed by atoms with Gasteiger partial charge in [0, 0.05) is 24.1 Å². The van der Waals surface area contributed by atoms with E-state index in [0.29, 0.717) is 23.6 Å². The van der Waals surface area contributed by atoms with Crippen LogP contribution in [0.15, 0.2) is 24.3 Å². The maximum absolute atomic E-state index is 13.1. The van der Waals surface area contributed by atoms with Crippen LogP contribution in [0.25, 0.3) is 11.4 Å². The molecule has 1 aliphatic carbocycles. The molecule has 4 rings (SSSR count). The van der Waals surface area contributed by atoms with Gasteiger partial charge in [0.2, 0.25) is 6.10 Å². The summed E-state index contributed by atoms with van der Waals surface area (Å²) in [6.45, 7) is 2.21. The average Bonchev–Trinajstić information content (AvgIpc) is 3.35. The smallest absolute Gasteiger partial charge is 0.376 e.